The summed E-state index contributed by atoms with van der Waals surface area (Å²) in [6.07, 6.45) is 2.60. The molecule has 0 atom stereocenters. The molecule has 3 nitrogen and oxygen atoms in total. The molecule has 1 aliphatic carbocycles. The largest absolute Gasteiger partial charge is 0.493 e. The van der Waals surface area contributed by atoms with Crippen LogP contribution in [0.5, 0.6) is 17.2 Å². The fraction of sp³-hybridized carbons (Fsp3) is 0.333. The summed E-state index contributed by atoms with van der Waals surface area (Å²) in [4.78, 5) is 0. The summed E-state index contributed by atoms with van der Waals surface area (Å²) < 4.78 is 11.3. The third-order valence-electron chi connectivity index (χ3n) is 3.62. The molecule has 0 heterocycles. The molecule has 1 N–H and O–H groups in total. The molecule has 0 radical (unpaired) electrons. The predicted octanol–water partition coefficient (Wildman–Crippen LogP) is 4.05. The highest BCUT2D eigenvalue weighted by Crippen LogP contribution is 2.32. The molecule has 0 unspecified atom stereocenters. The van der Waals surface area contributed by atoms with E-state index in [1.807, 2.05) is 37.3 Å². The molecule has 0 saturated heterocycles. The Morgan fingerprint density at radius 3 is 2.71 bits per heavy atom. The average Bonchev–Trinajstić information content (AvgIpc) is 3.32. The van der Waals surface area contributed by atoms with Crippen LogP contribution in [-0.2, 0) is 6.54 Å². The van der Waals surface area contributed by atoms with Crippen molar-refractivity contribution in [1.82, 2.24) is 5.32 Å². The number of benzene rings is 2. The van der Waals surface area contributed by atoms with Crippen molar-refractivity contribution in [2.24, 2.45) is 0 Å². The van der Waals surface area contributed by atoms with Gasteiger partial charge >= 0.3 is 0 Å². The SMILES string of the molecule is COc1cc(C)ccc1Oc1cccc(CNC2CC2)c1. The van der Waals surface area contributed by atoms with E-state index in [2.05, 4.69) is 17.4 Å². The van der Waals surface area contributed by atoms with Crippen LogP contribution in [0, 0.1) is 6.92 Å². The molecule has 0 bridgehead atoms. The monoisotopic (exact) mass is 283 g/mol. The number of hydrogen-bond donors (Lipinski definition) is 1. The van der Waals surface area contributed by atoms with Gasteiger partial charge in [0.15, 0.2) is 11.5 Å². The lowest BCUT2D eigenvalue weighted by molar-refractivity contribution is 0.378. The smallest absolute Gasteiger partial charge is 0.169 e. The molecular formula is C18H21NO2. The lowest BCUT2D eigenvalue weighted by Gasteiger charge is -2.12. The van der Waals surface area contributed by atoms with Crippen LogP contribution in [0.3, 0.4) is 0 Å². The van der Waals surface area contributed by atoms with Gasteiger partial charge < -0.3 is 14.8 Å². The van der Waals surface area contributed by atoms with Crippen LogP contribution >= 0.6 is 0 Å². The van der Waals surface area contributed by atoms with E-state index in [9.17, 15) is 0 Å². The van der Waals surface area contributed by atoms with Gasteiger partial charge in [0, 0.05) is 12.6 Å². The van der Waals surface area contributed by atoms with E-state index in [1.165, 1.54) is 18.4 Å². The number of ether oxygens (including phenoxy) is 2. The van der Waals surface area contributed by atoms with Crippen LogP contribution < -0.4 is 14.8 Å². The second-order valence-electron chi connectivity index (χ2n) is 5.56. The van der Waals surface area contributed by atoms with E-state index >= 15 is 0 Å². The lowest BCUT2D eigenvalue weighted by atomic mass is 10.2. The summed E-state index contributed by atoms with van der Waals surface area (Å²) in [5.74, 6) is 2.35. The molecule has 1 saturated carbocycles. The zero-order chi connectivity index (χ0) is 14.7. The summed E-state index contributed by atoms with van der Waals surface area (Å²) in [5.41, 5.74) is 2.40. The second-order valence-corrected chi connectivity index (χ2v) is 5.56. The average molecular weight is 283 g/mol. The molecule has 2 aromatic rings. The molecule has 0 aromatic heterocycles. The first-order valence-corrected chi connectivity index (χ1v) is 7.39. The van der Waals surface area contributed by atoms with Crippen molar-refractivity contribution in [2.75, 3.05) is 7.11 Å². The quantitative estimate of drug-likeness (QED) is 0.867. The molecular weight excluding hydrogens is 262 g/mol. The Bertz CT molecular complexity index is 620. The first-order chi connectivity index (χ1) is 10.2. The van der Waals surface area contributed by atoms with Gasteiger partial charge in [-0.3, -0.25) is 0 Å². The maximum absolute atomic E-state index is 5.97. The van der Waals surface area contributed by atoms with Gasteiger partial charge in [-0.25, -0.2) is 0 Å². The molecule has 21 heavy (non-hydrogen) atoms. The van der Waals surface area contributed by atoms with Crippen molar-refractivity contribution >= 4 is 0 Å². The molecule has 1 aliphatic rings. The van der Waals surface area contributed by atoms with Gasteiger partial charge in [-0.15, -0.1) is 0 Å². The van der Waals surface area contributed by atoms with Crippen LogP contribution in [0.4, 0.5) is 0 Å². The van der Waals surface area contributed by atoms with Gasteiger partial charge in [0.05, 0.1) is 7.11 Å². The minimum absolute atomic E-state index is 0.715. The molecule has 3 heteroatoms. The number of rotatable bonds is 6. The van der Waals surface area contributed by atoms with E-state index < -0.39 is 0 Å². The Balaban J connectivity index is 1.73. The molecule has 3 rings (SSSR count). The van der Waals surface area contributed by atoms with E-state index in [1.54, 1.807) is 7.11 Å². The molecule has 1 fully saturated rings. The number of methoxy groups -OCH3 is 1. The molecule has 110 valence electrons. The van der Waals surface area contributed by atoms with Crippen molar-refractivity contribution in [2.45, 2.75) is 32.4 Å². The summed E-state index contributed by atoms with van der Waals surface area (Å²) in [6.45, 7) is 2.93. The zero-order valence-corrected chi connectivity index (χ0v) is 12.6. The maximum atomic E-state index is 5.97. The van der Waals surface area contributed by atoms with E-state index in [0.29, 0.717) is 6.04 Å². The fourth-order valence-electron chi connectivity index (χ4n) is 2.25. The van der Waals surface area contributed by atoms with Gasteiger partial charge in [-0.2, -0.15) is 0 Å². The summed E-state index contributed by atoms with van der Waals surface area (Å²) in [5, 5.41) is 3.51. The van der Waals surface area contributed by atoms with Gasteiger partial charge in [0.1, 0.15) is 5.75 Å². The Labute approximate surface area is 125 Å². The van der Waals surface area contributed by atoms with Crippen molar-refractivity contribution < 1.29 is 9.47 Å². The minimum Gasteiger partial charge on any atom is -0.493 e. The van der Waals surface area contributed by atoms with Crippen molar-refractivity contribution in [3.8, 4) is 17.2 Å². The highest BCUT2D eigenvalue weighted by molar-refractivity contribution is 5.45. The van der Waals surface area contributed by atoms with Crippen molar-refractivity contribution in [3.63, 3.8) is 0 Å². The first kappa shape index (κ1) is 14.0. The zero-order valence-electron chi connectivity index (χ0n) is 12.6. The van der Waals surface area contributed by atoms with Crippen LogP contribution in [-0.4, -0.2) is 13.2 Å². The fourth-order valence-corrected chi connectivity index (χ4v) is 2.25. The van der Waals surface area contributed by atoms with Crippen molar-refractivity contribution in [3.05, 3.63) is 53.6 Å². The summed E-state index contributed by atoms with van der Waals surface area (Å²) in [6, 6.07) is 14.9. The van der Waals surface area contributed by atoms with Gasteiger partial charge in [-0.05, 0) is 55.2 Å². The predicted molar refractivity (Wildman–Crippen MR) is 84.1 cm³/mol. The van der Waals surface area contributed by atoms with Crippen molar-refractivity contribution in [1.29, 1.82) is 0 Å². The third-order valence-corrected chi connectivity index (χ3v) is 3.62. The molecule has 0 aliphatic heterocycles. The number of aryl methyl sites for hydroxylation is 1. The Kier molecular flexibility index (Phi) is 4.11. The standard InChI is InChI=1S/C18H21NO2/c1-13-6-9-17(18(10-13)20-2)21-16-5-3-4-14(11-16)12-19-15-7-8-15/h3-6,9-11,15,19H,7-8,12H2,1-2H3. The van der Waals surface area contributed by atoms with Gasteiger partial charge in [-0.1, -0.05) is 18.2 Å². The highest BCUT2D eigenvalue weighted by Gasteiger charge is 2.19. The van der Waals surface area contributed by atoms with Crippen LogP contribution in [0.2, 0.25) is 0 Å². The number of nitrogens with one attached hydrogen (secondary N) is 1. The summed E-state index contributed by atoms with van der Waals surface area (Å²) >= 11 is 0. The second kappa shape index (κ2) is 6.19. The normalized spacial score (nSPS) is 14.0. The van der Waals surface area contributed by atoms with E-state index in [0.717, 1.165) is 29.4 Å². The van der Waals surface area contributed by atoms with E-state index in [-0.39, 0.29) is 0 Å². The first-order valence-electron chi connectivity index (χ1n) is 7.39. The maximum Gasteiger partial charge on any atom is 0.169 e. The van der Waals surface area contributed by atoms with E-state index in [4.69, 9.17) is 9.47 Å². The van der Waals surface area contributed by atoms with Crippen LogP contribution in [0.15, 0.2) is 42.5 Å². The summed E-state index contributed by atoms with van der Waals surface area (Å²) in [7, 11) is 1.66. The van der Waals surface area contributed by atoms with Gasteiger partial charge in [0.25, 0.3) is 0 Å². The van der Waals surface area contributed by atoms with Gasteiger partial charge in [0.2, 0.25) is 0 Å². The number of hydrogen-bond acceptors (Lipinski definition) is 3. The Hall–Kier alpha value is -2.00. The Morgan fingerprint density at radius 2 is 1.95 bits per heavy atom. The molecule has 0 spiro atoms. The minimum atomic E-state index is 0.715. The lowest BCUT2D eigenvalue weighted by Crippen LogP contribution is -2.15. The Morgan fingerprint density at radius 1 is 1.10 bits per heavy atom. The van der Waals surface area contributed by atoms with Crippen LogP contribution in [0.25, 0.3) is 0 Å². The highest BCUT2D eigenvalue weighted by atomic mass is 16.5. The van der Waals surface area contributed by atoms with Crippen LogP contribution in [0.1, 0.15) is 24.0 Å². The third kappa shape index (κ3) is 3.76. The molecule has 0 amide bonds. The molecule has 2 aromatic carbocycles. The topological polar surface area (TPSA) is 30.5 Å².